The Morgan fingerprint density at radius 1 is 1.14 bits per heavy atom. The molecule has 0 aliphatic heterocycles. The molecule has 0 unspecified atom stereocenters. The van der Waals surface area contributed by atoms with Gasteiger partial charge in [0, 0.05) is 11.3 Å². The second-order valence-electron chi connectivity index (χ2n) is 7.65. The Bertz CT molecular complexity index is 701. The zero-order chi connectivity index (χ0) is 15.4. The standard InChI is InChI=1S/C17H21NOS2/c1-16(2,3)13-7-6-12(20-13)15-18-10-8-17(4,5)9-11(19)14(10)21-15/h6-7H,8-9H2,1-5H3. The maximum atomic E-state index is 12.3. The summed E-state index contributed by atoms with van der Waals surface area (Å²) in [5.74, 6) is 0.262. The summed E-state index contributed by atoms with van der Waals surface area (Å²) in [6, 6.07) is 4.33. The molecule has 112 valence electrons. The highest BCUT2D eigenvalue weighted by molar-refractivity contribution is 7.22. The van der Waals surface area contributed by atoms with Gasteiger partial charge in [0.25, 0.3) is 0 Å². The summed E-state index contributed by atoms with van der Waals surface area (Å²) in [4.78, 5) is 20.5. The Kier molecular flexibility index (Phi) is 3.37. The third-order valence-corrected chi connectivity index (χ3v) is 6.61. The van der Waals surface area contributed by atoms with Crippen molar-refractivity contribution >= 4 is 28.5 Å². The second kappa shape index (κ2) is 4.75. The van der Waals surface area contributed by atoms with Crippen molar-refractivity contribution in [2.75, 3.05) is 0 Å². The Balaban J connectivity index is 1.99. The van der Waals surface area contributed by atoms with Crippen LogP contribution < -0.4 is 0 Å². The van der Waals surface area contributed by atoms with Crippen LogP contribution in [0.2, 0.25) is 0 Å². The predicted octanol–water partition coefficient (Wildman–Crippen LogP) is 5.32. The summed E-state index contributed by atoms with van der Waals surface area (Å²) in [5.41, 5.74) is 1.21. The molecular weight excluding hydrogens is 298 g/mol. The van der Waals surface area contributed by atoms with Gasteiger partial charge >= 0.3 is 0 Å². The minimum atomic E-state index is 0.0431. The third kappa shape index (κ3) is 2.84. The Hall–Kier alpha value is -1.00. The summed E-state index contributed by atoms with van der Waals surface area (Å²) in [6.45, 7) is 11.0. The lowest BCUT2D eigenvalue weighted by molar-refractivity contribution is 0.0916. The zero-order valence-electron chi connectivity index (χ0n) is 13.2. The summed E-state index contributed by atoms with van der Waals surface area (Å²) < 4.78 is 0. The SMILES string of the molecule is CC1(C)CC(=O)c2sc(-c3ccc(C(C)(C)C)s3)nc2C1. The van der Waals surface area contributed by atoms with E-state index in [9.17, 15) is 4.79 Å². The second-order valence-corrected chi connectivity index (χ2v) is 9.73. The van der Waals surface area contributed by atoms with Crippen molar-refractivity contribution < 1.29 is 4.79 Å². The van der Waals surface area contributed by atoms with Crippen LogP contribution in [0, 0.1) is 5.41 Å². The molecule has 0 amide bonds. The first kappa shape index (κ1) is 14.9. The van der Waals surface area contributed by atoms with E-state index < -0.39 is 0 Å². The Morgan fingerprint density at radius 2 is 1.86 bits per heavy atom. The number of thiazole rings is 1. The Morgan fingerprint density at radius 3 is 2.48 bits per heavy atom. The molecule has 0 radical (unpaired) electrons. The monoisotopic (exact) mass is 319 g/mol. The van der Waals surface area contributed by atoms with E-state index in [1.165, 1.54) is 9.75 Å². The lowest BCUT2D eigenvalue weighted by atomic mass is 9.78. The van der Waals surface area contributed by atoms with Crippen molar-refractivity contribution in [2.24, 2.45) is 5.41 Å². The lowest BCUT2D eigenvalue weighted by Crippen LogP contribution is -2.25. The van der Waals surface area contributed by atoms with Gasteiger partial charge in [0.05, 0.1) is 15.4 Å². The normalized spacial score (nSPS) is 17.9. The minimum absolute atomic E-state index is 0.0431. The van der Waals surface area contributed by atoms with Gasteiger partial charge in [-0.15, -0.1) is 22.7 Å². The molecule has 2 aromatic heterocycles. The van der Waals surface area contributed by atoms with E-state index in [0.717, 1.165) is 22.0 Å². The van der Waals surface area contributed by atoms with E-state index in [2.05, 4.69) is 46.8 Å². The molecule has 0 bridgehead atoms. The predicted molar refractivity (Wildman–Crippen MR) is 90.6 cm³/mol. The maximum Gasteiger partial charge on any atom is 0.175 e. The largest absolute Gasteiger partial charge is 0.293 e. The number of aromatic nitrogens is 1. The first-order chi connectivity index (χ1) is 9.66. The molecule has 0 aromatic carbocycles. The highest BCUT2D eigenvalue weighted by Gasteiger charge is 2.34. The number of fused-ring (bicyclic) bond motifs is 1. The van der Waals surface area contributed by atoms with Gasteiger partial charge in [-0.05, 0) is 29.4 Å². The van der Waals surface area contributed by atoms with Crippen molar-refractivity contribution in [3.63, 3.8) is 0 Å². The van der Waals surface area contributed by atoms with Gasteiger partial charge in [-0.2, -0.15) is 0 Å². The molecule has 2 aromatic rings. The average molecular weight is 319 g/mol. The van der Waals surface area contributed by atoms with Crippen molar-refractivity contribution in [1.82, 2.24) is 4.98 Å². The average Bonchev–Trinajstić information content (AvgIpc) is 2.90. The minimum Gasteiger partial charge on any atom is -0.293 e. The molecule has 3 rings (SSSR count). The number of thiophene rings is 1. The summed E-state index contributed by atoms with van der Waals surface area (Å²) in [7, 11) is 0. The van der Waals surface area contributed by atoms with Crippen molar-refractivity contribution in [1.29, 1.82) is 0 Å². The number of carbonyl (C=O) groups excluding carboxylic acids is 1. The highest BCUT2D eigenvalue weighted by Crippen LogP contribution is 2.42. The molecule has 2 nitrogen and oxygen atoms in total. The molecule has 0 saturated heterocycles. The van der Waals surface area contributed by atoms with E-state index in [1.54, 1.807) is 22.7 Å². The molecule has 0 fully saturated rings. The summed E-state index contributed by atoms with van der Waals surface area (Å²) in [6.07, 6.45) is 1.54. The van der Waals surface area contributed by atoms with Crippen LogP contribution in [-0.4, -0.2) is 10.8 Å². The molecule has 21 heavy (non-hydrogen) atoms. The van der Waals surface area contributed by atoms with Crippen LogP contribution in [0.15, 0.2) is 12.1 Å². The molecule has 4 heteroatoms. The first-order valence-corrected chi connectivity index (χ1v) is 8.93. The molecule has 0 saturated carbocycles. The van der Waals surface area contributed by atoms with Crippen LogP contribution in [0.1, 0.15) is 61.3 Å². The van der Waals surface area contributed by atoms with Crippen LogP contribution in [0.4, 0.5) is 0 Å². The number of carbonyl (C=O) groups is 1. The van der Waals surface area contributed by atoms with Crippen LogP contribution in [0.25, 0.3) is 9.88 Å². The number of Topliss-reactive ketones (excluding diaryl/α,β-unsaturated/α-hetero) is 1. The molecular formula is C17H21NOS2. The van der Waals surface area contributed by atoms with E-state index >= 15 is 0 Å². The number of hydrogen-bond acceptors (Lipinski definition) is 4. The van der Waals surface area contributed by atoms with E-state index in [-0.39, 0.29) is 16.6 Å². The number of rotatable bonds is 1. The fourth-order valence-electron chi connectivity index (χ4n) is 2.68. The van der Waals surface area contributed by atoms with Gasteiger partial charge in [-0.1, -0.05) is 34.6 Å². The van der Waals surface area contributed by atoms with Gasteiger partial charge < -0.3 is 0 Å². The van der Waals surface area contributed by atoms with Gasteiger partial charge in [0.1, 0.15) is 5.01 Å². The van der Waals surface area contributed by atoms with Crippen molar-refractivity contribution in [3.8, 4) is 9.88 Å². The molecule has 0 spiro atoms. The maximum absolute atomic E-state index is 12.3. The van der Waals surface area contributed by atoms with Crippen molar-refractivity contribution in [2.45, 2.75) is 52.9 Å². The highest BCUT2D eigenvalue weighted by atomic mass is 32.1. The number of hydrogen-bond donors (Lipinski definition) is 0. The first-order valence-electron chi connectivity index (χ1n) is 7.29. The van der Waals surface area contributed by atoms with Gasteiger partial charge in [-0.25, -0.2) is 4.98 Å². The lowest BCUT2D eigenvalue weighted by Gasteiger charge is -2.26. The number of ketones is 1. The smallest absolute Gasteiger partial charge is 0.175 e. The van der Waals surface area contributed by atoms with Gasteiger partial charge in [-0.3, -0.25) is 4.79 Å². The van der Waals surface area contributed by atoms with Crippen molar-refractivity contribution in [3.05, 3.63) is 27.6 Å². The molecule has 0 N–H and O–H groups in total. The van der Waals surface area contributed by atoms with Crippen LogP contribution in [0.3, 0.4) is 0 Å². The molecule has 0 atom stereocenters. The van der Waals surface area contributed by atoms with E-state index in [0.29, 0.717) is 6.42 Å². The van der Waals surface area contributed by atoms with Crippen LogP contribution in [-0.2, 0) is 11.8 Å². The number of nitrogens with zero attached hydrogens (tertiary/aromatic N) is 1. The van der Waals surface area contributed by atoms with Gasteiger partial charge in [0.2, 0.25) is 0 Å². The summed E-state index contributed by atoms with van der Waals surface area (Å²) >= 11 is 3.37. The quantitative estimate of drug-likeness (QED) is 0.711. The van der Waals surface area contributed by atoms with E-state index in [4.69, 9.17) is 4.98 Å². The fraction of sp³-hybridized carbons (Fsp3) is 0.529. The molecule has 1 aliphatic carbocycles. The third-order valence-electron chi connectivity index (χ3n) is 3.79. The van der Waals surface area contributed by atoms with Gasteiger partial charge in [0.15, 0.2) is 5.78 Å². The molecule has 2 heterocycles. The van der Waals surface area contributed by atoms with Crippen LogP contribution in [0.5, 0.6) is 0 Å². The van der Waals surface area contributed by atoms with E-state index in [1.807, 2.05) is 0 Å². The molecule has 1 aliphatic rings. The van der Waals surface area contributed by atoms with Crippen LogP contribution >= 0.6 is 22.7 Å². The fourth-order valence-corrected chi connectivity index (χ4v) is 4.82. The summed E-state index contributed by atoms with van der Waals surface area (Å²) in [5, 5.41) is 1.01. The zero-order valence-corrected chi connectivity index (χ0v) is 14.9. The topological polar surface area (TPSA) is 30.0 Å². The Labute approximate surface area is 134 Å².